The number of aromatic nitrogens is 1. The lowest BCUT2D eigenvalue weighted by atomic mass is 10.1. The monoisotopic (exact) mass is 555 g/mol. The number of benzene rings is 1. The van der Waals surface area contributed by atoms with Crippen molar-refractivity contribution in [1.82, 2.24) is 9.88 Å². The first-order valence-electron chi connectivity index (χ1n) is 11.8. The summed E-state index contributed by atoms with van der Waals surface area (Å²) >= 11 is 0. The van der Waals surface area contributed by atoms with Gasteiger partial charge in [0.25, 0.3) is 0 Å². The Hall–Kier alpha value is -4.91. The van der Waals surface area contributed by atoms with Crippen LogP contribution in [0.5, 0.6) is 0 Å². The fraction of sp³-hybridized carbons (Fsp3) is 0.259. The second-order valence-electron chi connectivity index (χ2n) is 7.99. The van der Waals surface area contributed by atoms with Crippen LogP contribution >= 0.6 is 0 Å². The number of rotatable bonds is 10. The molecule has 0 radical (unpaired) electrons. The third-order valence-electron chi connectivity index (χ3n) is 5.10. The van der Waals surface area contributed by atoms with Crippen LogP contribution < -0.4 is 25.3 Å². The molecule has 0 unspecified atom stereocenters. The molecule has 214 valence electrons. The molecule has 0 atom stereocenters. The van der Waals surface area contributed by atoms with E-state index in [4.69, 9.17) is 0 Å². The highest BCUT2D eigenvalue weighted by molar-refractivity contribution is 5.96. The van der Waals surface area contributed by atoms with Crippen LogP contribution in [0.3, 0.4) is 0 Å². The van der Waals surface area contributed by atoms with Gasteiger partial charge < -0.3 is 44.5 Å². The lowest BCUT2D eigenvalue weighted by molar-refractivity contribution is -0.301. The van der Waals surface area contributed by atoms with Crippen molar-refractivity contribution in [2.24, 2.45) is 0 Å². The molecule has 1 aliphatic rings. The molecule has 0 spiro atoms. The van der Waals surface area contributed by atoms with Crippen molar-refractivity contribution in [3.8, 4) is 0 Å². The number of nitrogens with zero attached hydrogens (tertiary/aromatic N) is 3. The molecular weight excluding hydrogens is 529 g/mol. The number of ketones is 1. The van der Waals surface area contributed by atoms with Crippen LogP contribution in [-0.4, -0.2) is 72.3 Å². The van der Waals surface area contributed by atoms with E-state index in [2.05, 4.69) is 14.8 Å². The summed E-state index contributed by atoms with van der Waals surface area (Å²) in [5.41, 5.74) is 0.594. The highest BCUT2D eigenvalue weighted by Crippen LogP contribution is 2.13. The molecule has 13 heteroatoms. The Morgan fingerprint density at radius 1 is 0.750 bits per heavy atom. The van der Waals surface area contributed by atoms with Crippen LogP contribution in [0.15, 0.2) is 73.0 Å². The second-order valence-corrected chi connectivity index (χ2v) is 7.99. The number of halogens is 1. The van der Waals surface area contributed by atoms with Crippen molar-refractivity contribution in [3.05, 3.63) is 84.3 Å². The van der Waals surface area contributed by atoms with Gasteiger partial charge in [-0.2, -0.15) is 0 Å². The first-order chi connectivity index (χ1) is 19.0. The standard InChI is InChI=1S/C19H22FN3O.2C4H4O4/c20-17-8-6-16(7-9-17)18(24)4-3-11-22-12-14-23(15-13-22)19-5-1-2-10-21-19;2*5-3(6)1-2-4(7)8/h1-2,5-10H,3-4,11-15H2;2*1-2H,(H,5,6)(H,7,8)/p-4/b;2*2-1-. The van der Waals surface area contributed by atoms with E-state index in [1.807, 2.05) is 24.4 Å². The van der Waals surface area contributed by atoms with Crippen molar-refractivity contribution in [2.75, 3.05) is 37.6 Å². The molecule has 0 bridgehead atoms. The summed E-state index contributed by atoms with van der Waals surface area (Å²) < 4.78 is 12.9. The average molecular weight is 556 g/mol. The molecule has 1 saturated heterocycles. The molecule has 1 fully saturated rings. The Bertz CT molecular complexity index is 1110. The van der Waals surface area contributed by atoms with Gasteiger partial charge in [0.2, 0.25) is 0 Å². The van der Waals surface area contributed by atoms with Crippen LogP contribution in [0, 0.1) is 5.82 Å². The maximum absolute atomic E-state index is 12.9. The molecule has 0 amide bonds. The van der Waals surface area contributed by atoms with E-state index in [0.717, 1.165) is 45.0 Å². The number of hydrogen-bond acceptors (Lipinski definition) is 12. The number of hydrogen-bond donors (Lipinski definition) is 0. The topological polar surface area (TPSA) is 197 Å². The van der Waals surface area contributed by atoms with Crippen LogP contribution in [0.1, 0.15) is 23.2 Å². The summed E-state index contributed by atoms with van der Waals surface area (Å²) in [6.07, 6.45) is 4.70. The molecule has 12 nitrogen and oxygen atoms in total. The fourth-order valence-corrected chi connectivity index (χ4v) is 3.26. The third kappa shape index (κ3) is 15.4. The molecule has 0 aliphatic carbocycles. The summed E-state index contributed by atoms with van der Waals surface area (Å²) in [6, 6.07) is 11.8. The minimum Gasteiger partial charge on any atom is -0.545 e. The van der Waals surface area contributed by atoms with Crippen molar-refractivity contribution in [1.29, 1.82) is 0 Å². The molecule has 40 heavy (non-hydrogen) atoms. The highest BCUT2D eigenvalue weighted by Gasteiger charge is 2.17. The lowest BCUT2D eigenvalue weighted by Gasteiger charge is -2.35. The van der Waals surface area contributed by atoms with Gasteiger partial charge in [-0.3, -0.25) is 9.69 Å². The van der Waals surface area contributed by atoms with Gasteiger partial charge in [0.05, 0.1) is 23.9 Å². The van der Waals surface area contributed by atoms with E-state index in [9.17, 15) is 48.8 Å². The lowest BCUT2D eigenvalue weighted by Crippen LogP contribution is -2.46. The smallest absolute Gasteiger partial charge is 0.162 e. The number of Topliss-reactive ketones (excluding diaryl/α,β-unsaturated/α-hetero) is 1. The molecule has 3 rings (SSSR count). The van der Waals surface area contributed by atoms with Gasteiger partial charge in [0, 0.05) is 44.4 Å². The normalized spacial score (nSPS) is 13.1. The van der Waals surface area contributed by atoms with Crippen molar-refractivity contribution in [3.63, 3.8) is 0 Å². The summed E-state index contributed by atoms with van der Waals surface area (Å²) in [6.45, 7) is 4.82. The Morgan fingerprint density at radius 2 is 1.25 bits per heavy atom. The van der Waals surface area contributed by atoms with Gasteiger partial charge >= 0.3 is 0 Å². The minimum absolute atomic E-state index is 0.0853. The van der Waals surface area contributed by atoms with E-state index in [1.165, 1.54) is 12.1 Å². The summed E-state index contributed by atoms with van der Waals surface area (Å²) in [5.74, 6) is -5.38. The summed E-state index contributed by atoms with van der Waals surface area (Å²) in [4.78, 5) is 58.8. The molecule has 2 aromatic rings. The number of carboxylic acid groups (broad SMARTS) is 4. The average Bonchev–Trinajstić information content (AvgIpc) is 2.93. The van der Waals surface area contributed by atoms with Crippen molar-refractivity contribution < 1.29 is 48.8 Å². The molecule has 1 aromatic heterocycles. The van der Waals surface area contributed by atoms with Crippen LogP contribution in [-0.2, 0) is 19.2 Å². The SMILES string of the molecule is O=C(CCCN1CCN(c2ccccn2)CC1)c1ccc(F)cc1.O=C([O-])/C=C\C(=O)[O-].O=C([O-])/C=C\C(=O)[O-]. The van der Waals surface area contributed by atoms with Crippen LogP contribution in [0.2, 0.25) is 0 Å². The van der Waals surface area contributed by atoms with Crippen molar-refractivity contribution >= 4 is 35.5 Å². The zero-order chi connectivity index (χ0) is 29.9. The quantitative estimate of drug-likeness (QED) is 0.214. The molecular formula is C27H26FN3O9-4. The number of carboxylic acids is 4. The van der Waals surface area contributed by atoms with Crippen molar-refractivity contribution in [2.45, 2.75) is 12.8 Å². The molecule has 1 aromatic carbocycles. The maximum Gasteiger partial charge on any atom is 0.162 e. The largest absolute Gasteiger partial charge is 0.545 e. The maximum atomic E-state index is 12.9. The molecule has 1 aliphatic heterocycles. The highest BCUT2D eigenvalue weighted by atomic mass is 19.1. The number of anilines is 1. The zero-order valence-corrected chi connectivity index (χ0v) is 21.3. The Morgan fingerprint density at radius 3 is 1.68 bits per heavy atom. The molecule has 2 heterocycles. The molecule has 0 N–H and O–H groups in total. The van der Waals surface area contributed by atoms with Crippen LogP contribution in [0.25, 0.3) is 0 Å². The molecule has 0 saturated carbocycles. The number of pyridine rings is 1. The van der Waals surface area contributed by atoms with Gasteiger partial charge in [-0.25, -0.2) is 9.37 Å². The van der Waals surface area contributed by atoms with Gasteiger partial charge in [-0.1, -0.05) is 6.07 Å². The summed E-state index contributed by atoms with van der Waals surface area (Å²) in [5, 5.41) is 37.7. The predicted octanol–water partition coefficient (Wildman–Crippen LogP) is -2.91. The van der Waals surface area contributed by atoms with E-state index in [-0.39, 0.29) is 11.6 Å². The van der Waals surface area contributed by atoms with Gasteiger partial charge in [-0.05, 0) is 73.7 Å². The Labute approximate surface area is 229 Å². The number of aliphatic carboxylic acids is 4. The van der Waals surface area contributed by atoms with Gasteiger partial charge in [-0.15, -0.1) is 0 Å². The van der Waals surface area contributed by atoms with Gasteiger partial charge in [0.15, 0.2) is 5.78 Å². The number of carbonyl (C=O) groups excluding carboxylic acids is 5. The Kier molecular flexibility index (Phi) is 15.2. The van der Waals surface area contributed by atoms with E-state index >= 15 is 0 Å². The first kappa shape index (κ1) is 33.1. The van der Waals surface area contributed by atoms with E-state index < -0.39 is 23.9 Å². The minimum atomic E-state index is -1.55. The van der Waals surface area contributed by atoms with Gasteiger partial charge in [0.1, 0.15) is 11.6 Å². The predicted molar refractivity (Wildman–Crippen MR) is 131 cm³/mol. The van der Waals surface area contributed by atoms with E-state index in [1.54, 1.807) is 12.1 Å². The Balaban J connectivity index is 0.000000412. The fourth-order valence-electron chi connectivity index (χ4n) is 3.26. The summed E-state index contributed by atoms with van der Waals surface area (Å²) in [7, 11) is 0. The number of piperazine rings is 1. The zero-order valence-electron chi connectivity index (χ0n) is 21.3. The number of carbonyl (C=O) groups is 5. The van der Waals surface area contributed by atoms with E-state index in [0.29, 0.717) is 36.3 Å². The first-order valence-corrected chi connectivity index (χ1v) is 11.8. The third-order valence-corrected chi connectivity index (χ3v) is 5.10. The van der Waals surface area contributed by atoms with Crippen LogP contribution in [0.4, 0.5) is 10.2 Å². The second kappa shape index (κ2) is 18.4.